The lowest BCUT2D eigenvalue weighted by Gasteiger charge is -2.21. The molecule has 1 atom stereocenters. The third kappa shape index (κ3) is 10.2. The number of unbranched alkanes of at least 4 members (excludes halogenated alkanes) is 1. The number of aryl methyl sites for hydroxylation is 1. The molecule has 3 aromatic rings. The third-order valence-corrected chi connectivity index (χ3v) is 6.10. The van der Waals surface area contributed by atoms with Crippen LogP contribution in [0.15, 0.2) is 72.8 Å². The Hall–Kier alpha value is -4.54. The van der Waals surface area contributed by atoms with Gasteiger partial charge in [-0.3, -0.25) is 9.59 Å². The number of urea groups is 1. The molecule has 0 aliphatic rings. The van der Waals surface area contributed by atoms with Crippen LogP contribution in [0.2, 0.25) is 0 Å². The molecule has 0 saturated heterocycles. The van der Waals surface area contributed by atoms with Crippen molar-refractivity contribution in [3.05, 3.63) is 95.1 Å². The zero-order chi connectivity index (χ0) is 29.8. The zero-order valence-corrected chi connectivity index (χ0v) is 22.7. The molecule has 0 saturated carbocycles. The highest BCUT2D eigenvalue weighted by atomic mass is 19.4. The maximum absolute atomic E-state index is 12.9. The number of hydrogen-bond donors (Lipinski definition) is 3. The number of nitrogens with one attached hydrogen (secondary N) is 3. The average molecular weight is 572 g/mol. The van der Waals surface area contributed by atoms with E-state index in [1.54, 1.807) is 24.3 Å². The van der Waals surface area contributed by atoms with Gasteiger partial charge in [0.25, 0.3) is 5.91 Å². The molecule has 0 bridgehead atoms. The lowest BCUT2D eigenvalue weighted by atomic mass is 9.96. The number of carbonyl (C=O) groups is 3. The number of carbonyl (C=O) groups excluding carboxylic acids is 3. The van der Waals surface area contributed by atoms with Gasteiger partial charge in [0.05, 0.1) is 19.6 Å². The molecule has 3 aromatic carbocycles. The van der Waals surface area contributed by atoms with Crippen LogP contribution in [0.5, 0.6) is 5.75 Å². The second-order valence-electron chi connectivity index (χ2n) is 9.15. The molecule has 8 nitrogen and oxygen atoms in total. The molecular weight excluding hydrogens is 539 g/mol. The van der Waals surface area contributed by atoms with Crippen LogP contribution in [0.4, 0.5) is 23.7 Å². The van der Waals surface area contributed by atoms with E-state index < -0.39 is 30.2 Å². The first-order chi connectivity index (χ1) is 19.6. The summed E-state index contributed by atoms with van der Waals surface area (Å²) in [6, 6.07) is 18.1. The van der Waals surface area contributed by atoms with Gasteiger partial charge >= 0.3 is 18.4 Å². The minimum atomic E-state index is -4.81. The Morgan fingerprint density at radius 2 is 1.49 bits per heavy atom. The predicted octanol–water partition coefficient (Wildman–Crippen LogP) is 6.13. The second kappa shape index (κ2) is 14.7. The molecule has 0 aliphatic carbocycles. The van der Waals surface area contributed by atoms with Crippen molar-refractivity contribution in [2.75, 3.05) is 19.0 Å². The Morgan fingerprint density at radius 3 is 2.05 bits per heavy atom. The summed E-state index contributed by atoms with van der Waals surface area (Å²) in [6.07, 6.45) is -1.71. The van der Waals surface area contributed by atoms with Gasteiger partial charge in [0.15, 0.2) is 0 Å². The minimum absolute atomic E-state index is 0.0494. The molecule has 41 heavy (non-hydrogen) atoms. The third-order valence-electron chi connectivity index (χ3n) is 6.10. The summed E-state index contributed by atoms with van der Waals surface area (Å²) in [5, 5.41) is 8.17. The quantitative estimate of drug-likeness (QED) is 0.227. The number of halogens is 3. The molecule has 3 N–H and O–H groups in total. The highest BCUT2D eigenvalue weighted by Gasteiger charge is 2.31. The summed E-state index contributed by atoms with van der Waals surface area (Å²) in [6.45, 7) is 2.25. The number of rotatable bonds is 12. The van der Waals surface area contributed by atoms with Crippen molar-refractivity contribution in [1.82, 2.24) is 10.6 Å². The molecule has 0 heterocycles. The van der Waals surface area contributed by atoms with Gasteiger partial charge in [0.1, 0.15) is 5.75 Å². The second-order valence-corrected chi connectivity index (χ2v) is 9.15. The highest BCUT2D eigenvalue weighted by molar-refractivity contribution is 5.94. The molecule has 3 amide bonds. The van der Waals surface area contributed by atoms with Crippen LogP contribution in [0.1, 0.15) is 59.3 Å². The summed E-state index contributed by atoms with van der Waals surface area (Å²) in [5.74, 6) is -1.20. The Morgan fingerprint density at radius 1 is 0.878 bits per heavy atom. The van der Waals surface area contributed by atoms with Crippen molar-refractivity contribution >= 4 is 23.6 Å². The van der Waals surface area contributed by atoms with E-state index in [9.17, 15) is 27.6 Å². The number of methoxy groups -OCH3 is 1. The first kappa shape index (κ1) is 31.0. The van der Waals surface area contributed by atoms with E-state index in [1.807, 2.05) is 24.3 Å². The summed E-state index contributed by atoms with van der Waals surface area (Å²) in [5.41, 5.74) is 3.30. The fourth-order valence-electron chi connectivity index (χ4n) is 3.96. The lowest BCUT2D eigenvalue weighted by Crippen LogP contribution is -2.33. The maximum atomic E-state index is 12.9. The molecule has 218 valence electrons. The van der Waals surface area contributed by atoms with Crippen molar-refractivity contribution in [3.8, 4) is 5.75 Å². The molecule has 0 aliphatic heterocycles. The normalized spacial score (nSPS) is 11.7. The average Bonchev–Trinajstić information content (AvgIpc) is 2.95. The van der Waals surface area contributed by atoms with Crippen molar-refractivity contribution in [3.63, 3.8) is 0 Å². The van der Waals surface area contributed by atoms with Crippen LogP contribution in [-0.4, -0.2) is 37.9 Å². The van der Waals surface area contributed by atoms with E-state index in [0.717, 1.165) is 37.0 Å². The van der Waals surface area contributed by atoms with Crippen LogP contribution < -0.4 is 20.7 Å². The highest BCUT2D eigenvalue weighted by Crippen LogP contribution is 2.26. The summed E-state index contributed by atoms with van der Waals surface area (Å²) in [4.78, 5) is 36.7. The molecule has 0 aromatic heterocycles. The summed E-state index contributed by atoms with van der Waals surface area (Å²) >= 11 is 0. The maximum Gasteiger partial charge on any atom is 0.573 e. The Kier molecular flexibility index (Phi) is 11.1. The number of ether oxygens (including phenoxy) is 2. The Bertz CT molecular complexity index is 1290. The largest absolute Gasteiger partial charge is 0.573 e. The number of amides is 3. The standard InChI is InChI=1S/C30H32F3N3O5/c1-3-4-5-20-6-8-21(9-7-20)27(22-10-12-23(13-11-22)28(38)34-19-18-26(37)40-2)36-29(39)35-24-14-16-25(17-15-24)41-30(31,32)33/h6-17,27H,3-5,18-19H2,1-2H3,(H,34,38)(H2,35,36,39). The fraction of sp³-hybridized carbons (Fsp3) is 0.300. The van der Waals surface area contributed by atoms with Crippen molar-refractivity contribution in [2.24, 2.45) is 0 Å². The van der Waals surface area contributed by atoms with Gasteiger partial charge in [-0.1, -0.05) is 49.7 Å². The number of hydrogen-bond acceptors (Lipinski definition) is 5. The van der Waals surface area contributed by atoms with Crippen LogP contribution >= 0.6 is 0 Å². The number of benzene rings is 3. The van der Waals surface area contributed by atoms with Crippen LogP contribution in [-0.2, 0) is 16.0 Å². The van der Waals surface area contributed by atoms with Crippen LogP contribution in [0.25, 0.3) is 0 Å². The lowest BCUT2D eigenvalue weighted by molar-refractivity contribution is -0.274. The van der Waals surface area contributed by atoms with Gasteiger partial charge in [-0.2, -0.15) is 0 Å². The van der Waals surface area contributed by atoms with Crippen molar-refractivity contribution in [1.29, 1.82) is 0 Å². The van der Waals surface area contributed by atoms with Crippen LogP contribution in [0.3, 0.4) is 0 Å². The van der Waals surface area contributed by atoms with Gasteiger partial charge in [-0.25, -0.2) is 4.79 Å². The predicted molar refractivity (Wildman–Crippen MR) is 148 cm³/mol. The van der Waals surface area contributed by atoms with E-state index in [2.05, 4.69) is 32.3 Å². The van der Waals surface area contributed by atoms with Gasteiger partial charge in [0, 0.05) is 17.8 Å². The van der Waals surface area contributed by atoms with Gasteiger partial charge < -0.3 is 25.4 Å². The molecule has 0 spiro atoms. The fourth-order valence-corrected chi connectivity index (χ4v) is 3.96. The topological polar surface area (TPSA) is 106 Å². The smallest absolute Gasteiger partial charge is 0.469 e. The summed E-state index contributed by atoms with van der Waals surface area (Å²) < 4.78 is 45.7. The molecule has 11 heteroatoms. The van der Waals surface area contributed by atoms with Crippen LogP contribution in [0, 0.1) is 0 Å². The zero-order valence-electron chi connectivity index (χ0n) is 22.7. The SMILES string of the molecule is CCCCc1ccc(C(NC(=O)Nc2ccc(OC(F)(F)F)cc2)c2ccc(C(=O)NCCC(=O)OC)cc2)cc1. The molecule has 0 fully saturated rings. The monoisotopic (exact) mass is 571 g/mol. The molecular formula is C30H32F3N3O5. The van der Waals surface area contributed by atoms with E-state index in [0.29, 0.717) is 11.1 Å². The van der Waals surface area contributed by atoms with E-state index in [-0.39, 0.29) is 24.6 Å². The minimum Gasteiger partial charge on any atom is -0.469 e. The first-order valence-corrected chi connectivity index (χ1v) is 13.0. The molecule has 0 radical (unpaired) electrons. The van der Waals surface area contributed by atoms with E-state index >= 15 is 0 Å². The first-order valence-electron chi connectivity index (χ1n) is 13.0. The molecule has 1 unspecified atom stereocenters. The van der Waals surface area contributed by atoms with Gasteiger partial charge in [0.2, 0.25) is 0 Å². The van der Waals surface area contributed by atoms with E-state index in [1.165, 1.54) is 24.8 Å². The summed E-state index contributed by atoms with van der Waals surface area (Å²) in [7, 11) is 1.27. The number of anilines is 1. The number of alkyl halides is 3. The number of esters is 1. The van der Waals surface area contributed by atoms with Gasteiger partial charge in [-0.15, -0.1) is 13.2 Å². The van der Waals surface area contributed by atoms with E-state index in [4.69, 9.17) is 0 Å². The Balaban J connectivity index is 1.75. The Labute approximate surface area is 236 Å². The van der Waals surface area contributed by atoms with Gasteiger partial charge in [-0.05, 0) is 65.9 Å². The van der Waals surface area contributed by atoms with Crippen molar-refractivity contribution < 1.29 is 37.0 Å². The van der Waals surface area contributed by atoms with Crippen molar-refractivity contribution in [2.45, 2.75) is 45.0 Å². The molecule has 3 rings (SSSR count).